The Morgan fingerprint density at radius 1 is 1.04 bits per heavy atom. The van der Waals surface area contributed by atoms with E-state index in [1.54, 1.807) is 6.20 Å². The maximum absolute atomic E-state index is 10.7. The molecule has 0 atom stereocenters. The molecule has 8 nitrogen and oxygen atoms in total. The second-order valence-corrected chi connectivity index (χ2v) is 11.5. The van der Waals surface area contributed by atoms with Gasteiger partial charge < -0.3 is 5.11 Å². The van der Waals surface area contributed by atoms with Gasteiger partial charge in [0, 0.05) is 41.4 Å². The Kier molecular flexibility index (Phi) is 6.20. The molecular formula is C11H21F6N7OP2. The molecule has 0 fully saturated rings. The number of rotatable bonds is 5. The van der Waals surface area contributed by atoms with Gasteiger partial charge in [0.05, 0.1) is 0 Å². The van der Waals surface area contributed by atoms with Gasteiger partial charge in [0.1, 0.15) is 12.2 Å². The van der Waals surface area contributed by atoms with Crippen molar-refractivity contribution >= 4 is 26.8 Å². The van der Waals surface area contributed by atoms with Crippen molar-refractivity contribution < 1.29 is 30.3 Å². The van der Waals surface area contributed by atoms with Gasteiger partial charge in [-0.05, 0) is 21.8 Å². The van der Waals surface area contributed by atoms with Crippen LogP contribution in [0.25, 0.3) is 11.2 Å². The molecule has 0 aliphatic carbocycles. The van der Waals surface area contributed by atoms with E-state index in [1.807, 2.05) is 56.5 Å². The number of halogens is 6. The van der Waals surface area contributed by atoms with Crippen molar-refractivity contribution in [3.8, 4) is 0 Å². The van der Waals surface area contributed by atoms with Gasteiger partial charge in [0.25, 0.3) is 0 Å². The predicted molar refractivity (Wildman–Crippen MR) is 93.4 cm³/mol. The van der Waals surface area contributed by atoms with Gasteiger partial charge in [-0.2, -0.15) is 0 Å². The van der Waals surface area contributed by atoms with E-state index >= 15 is 0 Å². The molecule has 2 aromatic rings. The Hall–Kier alpha value is -1.17. The third kappa shape index (κ3) is 6.44. The van der Waals surface area contributed by atoms with Gasteiger partial charge in [-0.1, -0.05) is 0 Å². The molecule has 0 amide bonds. The average molecular weight is 443 g/mol. The van der Waals surface area contributed by atoms with Gasteiger partial charge in [0.15, 0.2) is 0 Å². The SMILES string of the molecule is CN(C)[P+](N(C)C)(N(C)CO)n1nnc2cccnc21.F[P-](F)(F)(F)(F)F. The first-order chi connectivity index (χ1) is 11.9. The zero-order valence-corrected chi connectivity index (χ0v) is 17.0. The van der Waals surface area contributed by atoms with E-state index in [0.717, 1.165) is 5.52 Å². The molecule has 0 aliphatic rings. The molecule has 2 aromatic heterocycles. The summed E-state index contributed by atoms with van der Waals surface area (Å²) in [6, 6.07) is 3.72. The van der Waals surface area contributed by atoms with Crippen LogP contribution in [0.3, 0.4) is 0 Å². The van der Waals surface area contributed by atoms with E-state index in [4.69, 9.17) is 0 Å². The van der Waals surface area contributed by atoms with E-state index in [1.165, 1.54) is 0 Å². The fourth-order valence-corrected chi connectivity index (χ4v) is 6.10. The van der Waals surface area contributed by atoms with E-state index in [9.17, 15) is 30.3 Å². The third-order valence-corrected chi connectivity index (χ3v) is 7.15. The molecule has 0 unspecified atom stereocenters. The number of nitrogens with zero attached hydrogens (tertiary/aromatic N) is 7. The molecule has 0 saturated heterocycles. The van der Waals surface area contributed by atoms with Crippen molar-refractivity contribution in [1.29, 1.82) is 0 Å². The third-order valence-electron chi connectivity index (χ3n) is 3.18. The molecule has 158 valence electrons. The molecule has 0 bridgehead atoms. The van der Waals surface area contributed by atoms with E-state index in [-0.39, 0.29) is 6.73 Å². The molecule has 0 saturated carbocycles. The number of aliphatic hydroxyl groups is 1. The Balaban J connectivity index is 0.000000445. The zero-order chi connectivity index (χ0) is 21.3. The van der Waals surface area contributed by atoms with Crippen molar-refractivity contribution in [2.75, 3.05) is 42.0 Å². The molecule has 2 heterocycles. The van der Waals surface area contributed by atoms with Crippen molar-refractivity contribution in [3.63, 3.8) is 0 Å². The summed E-state index contributed by atoms with van der Waals surface area (Å²) < 4.78 is 67.0. The number of fused-ring (bicyclic) bond motifs is 1. The van der Waals surface area contributed by atoms with E-state index in [0.29, 0.717) is 5.65 Å². The van der Waals surface area contributed by atoms with Gasteiger partial charge in [-0.25, -0.2) is 4.98 Å². The Labute approximate surface area is 152 Å². The summed E-state index contributed by atoms with van der Waals surface area (Å²) in [5.41, 5.74) is 1.45. The number of aromatic nitrogens is 4. The molecule has 16 heteroatoms. The molecule has 0 aliphatic heterocycles. The van der Waals surface area contributed by atoms with Crippen LogP contribution in [0.2, 0.25) is 0 Å². The molecular weight excluding hydrogens is 422 g/mol. The molecule has 27 heavy (non-hydrogen) atoms. The zero-order valence-electron chi connectivity index (χ0n) is 15.2. The standard InChI is InChI=1S/C11H21N7OP.F6P/c1-15(2)20(16(3)4,17(5)9-19)18-11-10(13-14-18)7-6-8-12-11;1-7(2,3,4,5)6/h6-8,19H,9H2,1-5H3;/q+1;-1. The van der Waals surface area contributed by atoms with Crippen molar-refractivity contribution in [3.05, 3.63) is 18.3 Å². The normalized spacial score (nSPS) is 15.7. The van der Waals surface area contributed by atoms with Gasteiger partial charge in [-0.3, -0.25) is 0 Å². The van der Waals surface area contributed by atoms with Crippen LogP contribution in [0, 0.1) is 0 Å². The molecule has 1 N–H and O–H groups in total. The first-order valence-corrected chi connectivity index (χ1v) is 10.8. The summed E-state index contributed by atoms with van der Waals surface area (Å²) in [4.78, 5) is 4.39. The van der Waals surface area contributed by atoms with Crippen LogP contribution in [0.5, 0.6) is 0 Å². The fraction of sp³-hybridized carbons (Fsp3) is 0.545. The second kappa shape index (κ2) is 7.02. The van der Waals surface area contributed by atoms with Crippen LogP contribution < -0.4 is 0 Å². The number of hydrogen-bond donors (Lipinski definition) is 1. The van der Waals surface area contributed by atoms with Crippen LogP contribution in [0.15, 0.2) is 18.3 Å². The van der Waals surface area contributed by atoms with Crippen molar-refractivity contribution in [2.45, 2.75) is 0 Å². The molecule has 0 aromatic carbocycles. The van der Waals surface area contributed by atoms with Crippen LogP contribution in [-0.2, 0) is 0 Å². The summed E-state index contributed by atoms with van der Waals surface area (Å²) in [6.07, 6.45) is 1.72. The number of pyridine rings is 1. The Morgan fingerprint density at radius 2 is 1.52 bits per heavy atom. The average Bonchev–Trinajstić information content (AvgIpc) is 2.88. The minimum atomic E-state index is -10.7. The topological polar surface area (TPSA) is 73.6 Å². The van der Waals surface area contributed by atoms with Crippen LogP contribution in [0.4, 0.5) is 25.2 Å². The maximum atomic E-state index is 9.87. The van der Waals surface area contributed by atoms with Crippen LogP contribution >= 0.6 is 15.7 Å². The first kappa shape index (κ1) is 23.9. The monoisotopic (exact) mass is 443 g/mol. The fourth-order valence-electron chi connectivity index (χ4n) is 2.47. The predicted octanol–water partition coefficient (Wildman–Crippen LogP) is 3.74. The summed E-state index contributed by atoms with van der Waals surface area (Å²) in [5.74, 6) is 0. The van der Waals surface area contributed by atoms with Gasteiger partial charge in [0.2, 0.25) is 5.65 Å². The van der Waals surface area contributed by atoms with E-state index in [2.05, 4.69) is 24.6 Å². The van der Waals surface area contributed by atoms with Crippen LogP contribution in [-0.4, -0.2) is 80.8 Å². The summed E-state index contributed by atoms with van der Waals surface area (Å²) >= 11 is 0. The van der Waals surface area contributed by atoms with Gasteiger partial charge >= 0.3 is 40.9 Å². The van der Waals surface area contributed by atoms with Crippen molar-refractivity contribution in [1.82, 2.24) is 33.8 Å². The molecule has 2 rings (SSSR count). The van der Waals surface area contributed by atoms with Gasteiger partial charge in [-0.15, -0.1) is 19.1 Å². The summed E-state index contributed by atoms with van der Waals surface area (Å²) in [5, 5.41) is 18.1. The van der Waals surface area contributed by atoms with Crippen molar-refractivity contribution in [2.24, 2.45) is 0 Å². The number of hydrogen-bond acceptors (Lipinski definition) is 7. The first-order valence-electron chi connectivity index (χ1n) is 7.22. The molecule has 0 radical (unpaired) electrons. The molecule has 0 spiro atoms. The Bertz CT molecular complexity index is 763. The summed E-state index contributed by atoms with van der Waals surface area (Å²) in [7, 11) is -3.17. The minimum absolute atomic E-state index is 0.0850. The van der Waals surface area contributed by atoms with E-state index < -0.39 is 15.7 Å². The quantitative estimate of drug-likeness (QED) is 0.429. The summed E-state index contributed by atoms with van der Waals surface area (Å²) in [6.45, 7) is -0.0850. The Morgan fingerprint density at radius 3 is 1.93 bits per heavy atom. The number of aliphatic hydroxyl groups excluding tert-OH is 1. The van der Waals surface area contributed by atoms with Crippen LogP contribution in [0.1, 0.15) is 0 Å². The second-order valence-electron chi connectivity index (χ2n) is 5.81.